The monoisotopic (exact) mass is 335 g/mol. The zero-order valence-corrected chi connectivity index (χ0v) is 14.1. The predicted octanol–water partition coefficient (Wildman–Crippen LogP) is 1.68. The van der Waals surface area contributed by atoms with Gasteiger partial charge in [0.25, 0.3) is 0 Å². The summed E-state index contributed by atoms with van der Waals surface area (Å²) >= 11 is 6.33. The fourth-order valence-corrected chi connectivity index (χ4v) is 3.74. The fraction of sp³-hybridized carbons (Fsp3) is 0.529. The Morgan fingerprint density at radius 3 is 2.74 bits per heavy atom. The third kappa shape index (κ3) is 3.35. The van der Waals surface area contributed by atoms with Crippen molar-refractivity contribution in [2.45, 2.75) is 19.4 Å². The van der Waals surface area contributed by atoms with Gasteiger partial charge >= 0.3 is 0 Å². The van der Waals surface area contributed by atoms with Gasteiger partial charge in [-0.1, -0.05) is 29.8 Å². The first-order valence-electron chi connectivity index (χ1n) is 8.09. The summed E-state index contributed by atoms with van der Waals surface area (Å²) in [6.45, 7) is 4.94. The molecule has 2 unspecified atom stereocenters. The fourth-order valence-electron chi connectivity index (χ4n) is 3.47. The van der Waals surface area contributed by atoms with Gasteiger partial charge in [0.2, 0.25) is 11.8 Å². The highest BCUT2D eigenvalue weighted by molar-refractivity contribution is 6.31. The Morgan fingerprint density at radius 1 is 1.26 bits per heavy atom. The van der Waals surface area contributed by atoms with Gasteiger partial charge < -0.3 is 15.1 Å². The third-order valence-corrected chi connectivity index (χ3v) is 5.12. The second-order valence-corrected chi connectivity index (χ2v) is 6.63. The SMILES string of the molecule is CC(=O)N1CCC(C(=O)N2CCNCC2c2ccccc2Cl)C1. The third-order valence-electron chi connectivity index (χ3n) is 4.77. The molecular formula is C17H22ClN3O2. The largest absolute Gasteiger partial charge is 0.342 e. The lowest BCUT2D eigenvalue weighted by atomic mass is 9.99. The molecule has 5 nitrogen and oxygen atoms in total. The van der Waals surface area contributed by atoms with Crippen molar-refractivity contribution in [1.29, 1.82) is 0 Å². The zero-order valence-electron chi connectivity index (χ0n) is 13.3. The molecule has 2 saturated heterocycles. The predicted molar refractivity (Wildman–Crippen MR) is 89.1 cm³/mol. The van der Waals surface area contributed by atoms with Gasteiger partial charge in [0.1, 0.15) is 0 Å². The maximum atomic E-state index is 13.0. The van der Waals surface area contributed by atoms with Crippen molar-refractivity contribution < 1.29 is 9.59 Å². The lowest BCUT2D eigenvalue weighted by Gasteiger charge is -2.38. The molecule has 2 fully saturated rings. The van der Waals surface area contributed by atoms with Crippen LogP contribution in [-0.4, -0.2) is 54.3 Å². The van der Waals surface area contributed by atoms with Gasteiger partial charge in [-0.25, -0.2) is 0 Å². The van der Waals surface area contributed by atoms with Crippen LogP contribution in [0, 0.1) is 5.92 Å². The molecule has 2 aliphatic heterocycles. The van der Waals surface area contributed by atoms with Crippen LogP contribution in [0.25, 0.3) is 0 Å². The van der Waals surface area contributed by atoms with E-state index in [1.54, 1.807) is 11.8 Å². The Bertz CT molecular complexity index is 607. The van der Waals surface area contributed by atoms with Crippen molar-refractivity contribution in [2.75, 3.05) is 32.7 Å². The van der Waals surface area contributed by atoms with E-state index >= 15 is 0 Å². The second kappa shape index (κ2) is 6.89. The van der Waals surface area contributed by atoms with E-state index in [9.17, 15) is 9.59 Å². The van der Waals surface area contributed by atoms with Gasteiger partial charge in [-0.05, 0) is 18.1 Å². The number of hydrogen-bond acceptors (Lipinski definition) is 3. The van der Waals surface area contributed by atoms with Crippen molar-refractivity contribution >= 4 is 23.4 Å². The molecule has 0 saturated carbocycles. The molecule has 0 aromatic heterocycles. The van der Waals surface area contributed by atoms with Crippen LogP contribution in [0.15, 0.2) is 24.3 Å². The molecule has 0 radical (unpaired) electrons. The number of carbonyl (C=O) groups excluding carboxylic acids is 2. The molecular weight excluding hydrogens is 314 g/mol. The summed E-state index contributed by atoms with van der Waals surface area (Å²) in [4.78, 5) is 28.2. The topological polar surface area (TPSA) is 52.7 Å². The van der Waals surface area contributed by atoms with Gasteiger partial charge in [0.05, 0.1) is 12.0 Å². The molecule has 1 aromatic rings. The van der Waals surface area contributed by atoms with E-state index in [0.29, 0.717) is 31.2 Å². The quantitative estimate of drug-likeness (QED) is 0.894. The van der Waals surface area contributed by atoms with Crippen LogP contribution in [-0.2, 0) is 9.59 Å². The van der Waals surface area contributed by atoms with Gasteiger partial charge in [-0.2, -0.15) is 0 Å². The highest BCUT2D eigenvalue weighted by Crippen LogP contribution is 2.31. The summed E-state index contributed by atoms with van der Waals surface area (Å²) in [6.07, 6.45) is 0.748. The Hall–Kier alpha value is -1.59. The van der Waals surface area contributed by atoms with E-state index in [1.165, 1.54) is 0 Å². The minimum atomic E-state index is -0.0954. The number of amides is 2. The molecule has 0 spiro atoms. The van der Waals surface area contributed by atoms with Gasteiger partial charge in [-0.15, -0.1) is 0 Å². The van der Waals surface area contributed by atoms with Crippen LogP contribution in [0.2, 0.25) is 5.02 Å². The van der Waals surface area contributed by atoms with Crippen molar-refractivity contribution in [3.63, 3.8) is 0 Å². The zero-order chi connectivity index (χ0) is 16.4. The van der Waals surface area contributed by atoms with Crippen molar-refractivity contribution in [1.82, 2.24) is 15.1 Å². The van der Waals surface area contributed by atoms with Crippen LogP contribution >= 0.6 is 11.6 Å². The first-order chi connectivity index (χ1) is 11.1. The summed E-state index contributed by atoms with van der Waals surface area (Å²) in [6, 6.07) is 7.65. The van der Waals surface area contributed by atoms with E-state index in [0.717, 1.165) is 18.5 Å². The van der Waals surface area contributed by atoms with Crippen molar-refractivity contribution in [3.05, 3.63) is 34.9 Å². The van der Waals surface area contributed by atoms with Crippen LogP contribution in [0.3, 0.4) is 0 Å². The van der Waals surface area contributed by atoms with E-state index < -0.39 is 0 Å². The average molecular weight is 336 g/mol. The maximum absolute atomic E-state index is 13.0. The lowest BCUT2D eigenvalue weighted by Crippen LogP contribution is -2.51. The first kappa shape index (κ1) is 16.3. The summed E-state index contributed by atoms with van der Waals surface area (Å²) in [5, 5.41) is 4.04. The number of nitrogens with one attached hydrogen (secondary N) is 1. The molecule has 0 bridgehead atoms. The van der Waals surface area contributed by atoms with E-state index in [2.05, 4.69) is 5.32 Å². The highest BCUT2D eigenvalue weighted by atomic mass is 35.5. The molecule has 6 heteroatoms. The Kier molecular flexibility index (Phi) is 4.87. The van der Waals surface area contributed by atoms with E-state index in [-0.39, 0.29) is 23.8 Å². The summed E-state index contributed by atoms with van der Waals surface area (Å²) in [7, 11) is 0. The smallest absolute Gasteiger partial charge is 0.228 e. The van der Waals surface area contributed by atoms with Gasteiger partial charge in [-0.3, -0.25) is 9.59 Å². The standard InChI is InChI=1S/C17H22ClN3O2/c1-12(22)20-8-6-13(11-20)17(23)21-9-7-19-10-16(21)14-4-2-3-5-15(14)18/h2-5,13,16,19H,6-11H2,1H3. The lowest BCUT2D eigenvalue weighted by molar-refractivity contribution is -0.138. The van der Waals surface area contributed by atoms with E-state index in [1.807, 2.05) is 29.2 Å². The second-order valence-electron chi connectivity index (χ2n) is 6.22. The number of rotatable bonds is 2. The number of piperazine rings is 1. The normalized spacial score (nSPS) is 24.8. The van der Waals surface area contributed by atoms with Crippen molar-refractivity contribution in [2.24, 2.45) is 5.92 Å². The number of benzene rings is 1. The van der Waals surface area contributed by atoms with Crippen LogP contribution in [0.5, 0.6) is 0 Å². The molecule has 3 rings (SSSR count). The maximum Gasteiger partial charge on any atom is 0.228 e. The Balaban J connectivity index is 1.78. The molecule has 23 heavy (non-hydrogen) atoms. The summed E-state index contributed by atoms with van der Waals surface area (Å²) in [5.74, 6) is 0.0884. The molecule has 2 heterocycles. The van der Waals surface area contributed by atoms with Crippen LogP contribution in [0.1, 0.15) is 24.9 Å². The van der Waals surface area contributed by atoms with Gasteiger partial charge in [0, 0.05) is 44.7 Å². The van der Waals surface area contributed by atoms with Crippen molar-refractivity contribution in [3.8, 4) is 0 Å². The molecule has 1 aromatic carbocycles. The van der Waals surface area contributed by atoms with Gasteiger partial charge in [0.15, 0.2) is 0 Å². The first-order valence-corrected chi connectivity index (χ1v) is 8.47. The molecule has 0 aliphatic carbocycles. The number of hydrogen-bond donors (Lipinski definition) is 1. The molecule has 124 valence electrons. The molecule has 2 atom stereocenters. The minimum absolute atomic E-state index is 0.0447. The van der Waals surface area contributed by atoms with E-state index in [4.69, 9.17) is 11.6 Å². The Labute approximate surface area is 141 Å². The molecule has 2 amide bonds. The van der Waals surface area contributed by atoms with Crippen LogP contribution < -0.4 is 5.32 Å². The summed E-state index contributed by atoms with van der Waals surface area (Å²) in [5.41, 5.74) is 0.983. The minimum Gasteiger partial charge on any atom is -0.342 e. The highest BCUT2D eigenvalue weighted by Gasteiger charge is 2.36. The number of likely N-dealkylation sites (tertiary alicyclic amines) is 1. The number of halogens is 1. The molecule has 2 aliphatic rings. The summed E-state index contributed by atoms with van der Waals surface area (Å²) < 4.78 is 0. The molecule has 1 N–H and O–H groups in total. The number of carbonyl (C=O) groups is 2. The number of nitrogens with zero attached hydrogens (tertiary/aromatic N) is 2. The van der Waals surface area contributed by atoms with Crippen LogP contribution in [0.4, 0.5) is 0 Å². The Morgan fingerprint density at radius 2 is 2.04 bits per heavy atom. The average Bonchev–Trinajstić information content (AvgIpc) is 3.05.